The summed E-state index contributed by atoms with van der Waals surface area (Å²) in [6, 6.07) is 4.20. The summed E-state index contributed by atoms with van der Waals surface area (Å²) in [6.07, 6.45) is -0.694. The highest BCUT2D eigenvalue weighted by Gasteiger charge is 2.35. The van der Waals surface area contributed by atoms with E-state index in [2.05, 4.69) is 0 Å². The summed E-state index contributed by atoms with van der Waals surface area (Å²) in [7, 11) is -1.61. The molecular formula is C18H20FNO5S2. The van der Waals surface area contributed by atoms with E-state index in [1.807, 2.05) is 0 Å². The van der Waals surface area contributed by atoms with E-state index in [0.717, 1.165) is 11.3 Å². The quantitative estimate of drug-likeness (QED) is 0.720. The van der Waals surface area contributed by atoms with Crippen LogP contribution in [-0.2, 0) is 19.4 Å². The number of rotatable bonds is 4. The lowest BCUT2D eigenvalue weighted by molar-refractivity contribution is -0.140. The molecule has 1 aromatic heterocycles. The third-order valence-electron chi connectivity index (χ3n) is 4.82. The Bertz CT molecular complexity index is 1010. The van der Waals surface area contributed by atoms with Crippen molar-refractivity contribution < 1.29 is 27.1 Å². The molecule has 27 heavy (non-hydrogen) atoms. The topological polar surface area (TPSA) is 80.8 Å². The first-order valence-corrected chi connectivity index (χ1v) is 11.1. The van der Waals surface area contributed by atoms with E-state index in [1.54, 1.807) is 19.1 Å². The molecule has 2 heterocycles. The molecule has 1 saturated heterocycles. The first-order chi connectivity index (χ1) is 12.6. The second-order valence-corrected chi connectivity index (χ2v) is 10.0. The number of halogens is 1. The molecule has 1 fully saturated rings. The maximum absolute atomic E-state index is 14.0. The number of carbonyl (C=O) groups is 2. The van der Waals surface area contributed by atoms with Crippen LogP contribution in [0.1, 0.15) is 28.6 Å². The van der Waals surface area contributed by atoms with Gasteiger partial charge in [-0.15, -0.1) is 11.3 Å². The van der Waals surface area contributed by atoms with Crippen LogP contribution in [0.2, 0.25) is 0 Å². The van der Waals surface area contributed by atoms with Gasteiger partial charge in [0.15, 0.2) is 15.9 Å². The number of aryl methyl sites for hydroxylation is 1. The van der Waals surface area contributed by atoms with Crippen molar-refractivity contribution in [3.8, 4) is 0 Å². The Morgan fingerprint density at radius 1 is 1.37 bits per heavy atom. The van der Waals surface area contributed by atoms with Gasteiger partial charge in [-0.2, -0.15) is 0 Å². The van der Waals surface area contributed by atoms with Crippen molar-refractivity contribution in [3.63, 3.8) is 0 Å². The predicted molar refractivity (Wildman–Crippen MR) is 101 cm³/mol. The van der Waals surface area contributed by atoms with Gasteiger partial charge < -0.3 is 9.64 Å². The van der Waals surface area contributed by atoms with E-state index in [4.69, 9.17) is 4.74 Å². The average molecular weight is 413 g/mol. The number of hydrogen-bond donors (Lipinski definition) is 0. The molecule has 0 spiro atoms. The summed E-state index contributed by atoms with van der Waals surface area (Å²) in [5, 5.41) is 0.377. The summed E-state index contributed by atoms with van der Waals surface area (Å²) in [4.78, 5) is 26.6. The van der Waals surface area contributed by atoms with Gasteiger partial charge in [0.25, 0.3) is 5.91 Å². The second kappa shape index (κ2) is 7.20. The molecule has 0 radical (unpaired) electrons. The number of fused-ring (bicyclic) bond motifs is 1. The van der Waals surface area contributed by atoms with Crippen molar-refractivity contribution in [3.05, 3.63) is 34.5 Å². The first kappa shape index (κ1) is 19.8. The van der Waals surface area contributed by atoms with Gasteiger partial charge in [0.2, 0.25) is 0 Å². The molecule has 6 nitrogen and oxygen atoms in total. The second-order valence-electron chi connectivity index (χ2n) is 6.72. The van der Waals surface area contributed by atoms with Crippen LogP contribution < -0.4 is 0 Å². The van der Waals surface area contributed by atoms with Gasteiger partial charge in [0, 0.05) is 23.2 Å². The van der Waals surface area contributed by atoms with Crippen LogP contribution in [0.15, 0.2) is 18.2 Å². The highest BCUT2D eigenvalue weighted by atomic mass is 32.2. The molecule has 2 atom stereocenters. The number of esters is 1. The molecule has 1 amide bonds. The van der Waals surface area contributed by atoms with Gasteiger partial charge in [0.1, 0.15) is 10.7 Å². The van der Waals surface area contributed by atoms with Crippen LogP contribution in [0.5, 0.6) is 0 Å². The van der Waals surface area contributed by atoms with E-state index >= 15 is 0 Å². The monoisotopic (exact) mass is 413 g/mol. The summed E-state index contributed by atoms with van der Waals surface area (Å²) in [5.41, 5.74) is 0.480. The molecule has 0 bridgehead atoms. The van der Waals surface area contributed by atoms with Gasteiger partial charge in [-0.25, -0.2) is 17.6 Å². The van der Waals surface area contributed by atoms with Crippen LogP contribution in [-0.4, -0.2) is 55.9 Å². The lowest BCUT2D eigenvalue weighted by atomic mass is 10.1. The molecule has 9 heteroatoms. The van der Waals surface area contributed by atoms with Crippen LogP contribution in [0.4, 0.5) is 4.39 Å². The van der Waals surface area contributed by atoms with Crippen molar-refractivity contribution in [2.24, 2.45) is 0 Å². The molecule has 3 rings (SSSR count). The number of hydrogen-bond acceptors (Lipinski definition) is 6. The van der Waals surface area contributed by atoms with Gasteiger partial charge in [-0.1, -0.05) is 6.07 Å². The zero-order valence-corrected chi connectivity index (χ0v) is 16.8. The van der Waals surface area contributed by atoms with Gasteiger partial charge in [-0.3, -0.25) is 4.79 Å². The van der Waals surface area contributed by atoms with Gasteiger partial charge >= 0.3 is 5.97 Å². The highest BCUT2D eigenvalue weighted by molar-refractivity contribution is 7.91. The predicted octanol–water partition coefficient (Wildman–Crippen LogP) is 2.54. The Balaban J connectivity index is 1.73. The molecule has 1 aliphatic rings. The molecule has 1 aliphatic heterocycles. The molecular weight excluding hydrogens is 393 g/mol. The Hall–Kier alpha value is -2.00. The summed E-state index contributed by atoms with van der Waals surface area (Å²) in [6.45, 7) is 3.09. The van der Waals surface area contributed by atoms with E-state index < -0.39 is 39.7 Å². The minimum atomic E-state index is -3.13. The fourth-order valence-corrected chi connectivity index (χ4v) is 6.14. The third kappa shape index (κ3) is 3.84. The van der Waals surface area contributed by atoms with E-state index in [1.165, 1.54) is 24.9 Å². The number of sulfone groups is 1. The van der Waals surface area contributed by atoms with E-state index in [0.29, 0.717) is 22.1 Å². The molecule has 0 unspecified atom stereocenters. The van der Waals surface area contributed by atoms with E-state index in [9.17, 15) is 22.4 Å². The van der Waals surface area contributed by atoms with Crippen LogP contribution in [0.25, 0.3) is 10.1 Å². The van der Waals surface area contributed by atoms with E-state index in [-0.39, 0.29) is 16.4 Å². The normalized spacial score (nSPS) is 19.8. The number of thiophene rings is 1. The summed E-state index contributed by atoms with van der Waals surface area (Å²) < 4.78 is 43.1. The smallest absolute Gasteiger partial charge is 0.349 e. The minimum absolute atomic E-state index is 0.0516. The maximum atomic E-state index is 14.0. The minimum Gasteiger partial charge on any atom is -0.448 e. The molecule has 0 aliphatic carbocycles. The first-order valence-electron chi connectivity index (χ1n) is 8.46. The van der Waals surface area contributed by atoms with Gasteiger partial charge in [-0.05, 0) is 38.0 Å². The Kier molecular flexibility index (Phi) is 5.27. The number of likely N-dealkylation sites (N-methyl/N-ethyl adjacent to an activating group) is 1. The number of benzene rings is 1. The lowest BCUT2D eigenvalue weighted by Gasteiger charge is -2.26. The third-order valence-corrected chi connectivity index (χ3v) is 7.81. The van der Waals surface area contributed by atoms with Crippen molar-refractivity contribution >= 4 is 43.1 Å². The standard InChI is InChI=1S/C18H20FNO5S2/c1-10-15-13(19)5-4-6-14(15)26-16(10)18(22)25-11(2)17(21)20(3)12-7-8-27(23,24)9-12/h4-6,11-12H,7-9H2,1-3H3/t11-,12-/m1/s1. The SMILES string of the molecule is Cc1c(C(=O)O[C@H](C)C(=O)N(C)[C@@H]2CCS(=O)(=O)C2)sc2cccc(F)c12. The molecule has 1 aromatic carbocycles. The number of ether oxygens (including phenoxy) is 1. The lowest BCUT2D eigenvalue weighted by Crippen LogP contribution is -2.44. The zero-order chi connectivity index (χ0) is 19.9. The van der Waals surface area contributed by atoms with Crippen LogP contribution in [0.3, 0.4) is 0 Å². The van der Waals surface area contributed by atoms with Gasteiger partial charge in [0.05, 0.1) is 11.5 Å². The number of amides is 1. The Labute approximate surface area is 160 Å². The van der Waals surface area contributed by atoms with Crippen LogP contribution in [0, 0.1) is 12.7 Å². The van der Waals surface area contributed by atoms with Crippen molar-refractivity contribution in [1.29, 1.82) is 0 Å². The zero-order valence-electron chi connectivity index (χ0n) is 15.2. The Morgan fingerprint density at radius 2 is 2.07 bits per heavy atom. The molecule has 0 saturated carbocycles. The van der Waals surface area contributed by atoms with Crippen molar-refractivity contribution in [2.75, 3.05) is 18.6 Å². The largest absolute Gasteiger partial charge is 0.448 e. The maximum Gasteiger partial charge on any atom is 0.349 e. The summed E-state index contributed by atoms with van der Waals surface area (Å²) >= 11 is 1.11. The fraction of sp³-hybridized carbons (Fsp3) is 0.444. The molecule has 2 aromatic rings. The Morgan fingerprint density at radius 3 is 2.67 bits per heavy atom. The number of carbonyl (C=O) groups excluding carboxylic acids is 2. The van der Waals surface area contributed by atoms with Crippen molar-refractivity contribution in [2.45, 2.75) is 32.4 Å². The summed E-state index contributed by atoms with van der Waals surface area (Å²) in [5.74, 6) is -1.59. The average Bonchev–Trinajstić information content (AvgIpc) is 3.14. The fourth-order valence-electron chi connectivity index (χ4n) is 3.26. The molecule has 0 N–H and O–H groups in total. The van der Waals surface area contributed by atoms with Crippen LogP contribution >= 0.6 is 11.3 Å². The van der Waals surface area contributed by atoms with Crippen molar-refractivity contribution in [1.82, 2.24) is 4.90 Å². The highest BCUT2D eigenvalue weighted by Crippen LogP contribution is 2.33. The molecule has 146 valence electrons. The number of nitrogens with zero attached hydrogens (tertiary/aromatic N) is 1.